The highest BCUT2D eigenvalue weighted by atomic mass is 32.1. The molecule has 0 bridgehead atoms. The maximum atomic E-state index is 12.7. The molecule has 3 aromatic rings. The predicted molar refractivity (Wildman–Crippen MR) is 91.4 cm³/mol. The largest absolute Gasteiger partial charge is 0.467 e. The number of carbonyl (C=O) groups excluding carboxylic acids is 2. The molecule has 27 heavy (non-hydrogen) atoms. The van der Waals surface area contributed by atoms with Crippen LogP contribution in [-0.2, 0) is 12.7 Å². The van der Waals surface area contributed by atoms with Gasteiger partial charge in [-0.1, -0.05) is 6.07 Å². The van der Waals surface area contributed by atoms with Crippen LogP contribution in [0.3, 0.4) is 0 Å². The van der Waals surface area contributed by atoms with Gasteiger partial charge in [-0.25, -0.2) is 4.98 Å². The second-order valence-corrected chi connectivity index (χ2v) is 6.19. The summed E-state index contributed by atoms with van der Waals surface area (Å²) >= 11 is 0.984. The van der Waals surface area contributed by atoms with Crippen molar-refractivity contribution in [2.45, 2.75) is 12.7 Å². The van der Waals surface area contributed by atoms with Crippen LogP contribution < -0.4 is 10.6 Å². The summed E-state index contributed by atoms with van der Waals surface area (Å²) in [6.45, 7) is 0.176. The van der Waals surface area contributed by atoms with E-state index < -0.39 is 23.6 Å². The minimum absolute atomic E-state index is 0.0749. The van der Waals surface area contributed by atoms with Gasteiger partial charge in [-0.3, -0.25) is 14.9 Å². The average Bonchev–Trinajstić information content (AvgIpc) is 3.31. The molecule has 6 nitrogen and oxygen atoms in total. The zero-order valence-corrected chi connectivity index (χ0v) is 14.4. The molecule has 0 radical (unpaired) electrons. The Balaban J connectivity index is 1.63. The number of benzene rings is 1. The molecule has 2 heterocycles. The van der Waals surface area contributed by atoms with Crippen LogP contribution in [-0.4, -0.2) is 16.8 Å². The van der Waals surface area contributed by atoms with E-state index in [-0.39, 0.29) is 22.9 Å². The number of carbonyl (C=O) groups is 2. The topological polar surface area (TPSA) is 84.2 Å². The van der Waals surface area contributed by atoms with Gasteiger partial charge in [0.05, 0.1) is 18.4 Å². The van der Waals surface area contributed by atoms with Gasteiger partial charge in [-0.2, -0.15) is 13.2 Å². The molecule has 0 saturated heterocycles. The molecule has 0 atom stereocenters. The molecular formula is C17H12F3N3O3S. The first-order valence-corrected chi connectivity index (χ1v) is 8.45. The highest BCUT2D eigenvalue weighted by Gasteiger charge is 2.31. The van der Waals surface area contributed by atoms with Gasteiger partial charge < -0.3 is 9.73 Å². The minimum Gasteiger partial charge on any atom is -0.467 e. The van der Waals surface area contributed by atoms with Crippen molar-refractivity contribution < 1.29 is 27.2 Å². The molecule has 140 valence electrons. The van der Waals surface area contributed by atoms with E-state index in [1.54, 1.807) is 12.1 Å². The Bertz CT molecular complexity index is 952. The first-order valence-electron chi connectivity index (χ1n) is 7.57. The molecule has 0 saturated carbocycles. The standard InChI is InChI=1S/C17H12F3N3O3S/c18-17(19,20)11-4-1-3-10(7-11)14(24)23-16-22-13(9-27-16)15(25)21-8-12-5-2-6-26-12/h1-7,9H,8H2,(H,21,25)(H,22,23,24). The van der Waals surface area contributed by atoms with Crippen molar-refractivity contribution in [3.63, 3.8) is 0 Å². The zero-order chi connectivity index (χ0) is 19.4. The quantitative estimate of drug-likeness (QED) is 0.686. The van der Waals surface area contributed by atoms with E-state index in [0.717, 1.165) is 29.5 Å². The molecule has 0 aliphatic rings. The lowest BCUT2D eigenvalue weighted by Crippen LogP contribution is -2.23. The van der Waals surface area contributed by atoms with Crippen molar-refractivity contribution in [2.24, 2.45) is 0 Å². The SMILES string of the molecule is O=C(Nc1nc(C(=O)NCc2ccco2)cs1)c1cccc(C(F)(F)F)c1. The Morgan fingerprint density at radius 3 is 2.67 bits per heavy atom. The fraction of sp³-hybridized carbons (Fsp3) is 0.118. The van der Waals surface area contributed by atoms with E-state index in [2.05, 4.69) is 15.6 Å². The van der Waals surface area contributed by atoms with Crippen molar-refractivity contribution in [3.05, 3.63) is 70.6 Å². The van der Waals surface area contributed by atoms with Crippen LogP contribution in [0.1, 0.15) is 32.2 Å². The number of nitrogens with zero attached hydrogens (tertiary/aromatic N) is 1. The molecule has 3 rings (SSSR count). The van der Waals surface area contributed by atoms with Gasteiger partial charge in [0, 0.05) is 10.9 Å². The Morgan fingerprint density at radius 2 is 1.96 bits per heavy atom. The molecule has 10 heteroatoms. The Morgan fingerprint density at radius 1 is 1.15 bits per heavy atom. The molecule has 0 unspecified atom stereocenters. The molecule has 2 N–H and O–H groups in total. The first kappa shape index (κ1) is 18.6. The van der Waals surface area contributed by atoms with Gasteiger partial charge in [0.15, 0.2) is 5.13 Å². The summed E-state index contributed by atoms with van der Waals surface area (Å²) in [6.07, 6.45) is -3.07. The first-order chi connectivity index (χ1) is 12.8. The summed E-state index contributed by atoms with van der Waals surface area (Å²) in [4.78, 5) is 28.1. The smallest absolute Gasteiger partial charge is 0.416 e. The Hall–Kier alpha value is -3.14. The molecule has 0 aliphatic heterocycles. The zero-order valence-electron chi connectivity index (χ0n) is 13.5. The molecule has 0 fully saturated rings. The third-order valence-electron chi connectivity index (χ3n) is 3.41. The van der Waals surface area contributed by atoms with Crippen LogP contribution in [0.5, 0.6) is 0 Å². The van der Waals surface area contributed by atoms with Crippen LogP contribution in [0.15, 0.2) is 52.5 Å². The van der Waals surface area contributed by atoms with E-state index in [9.17, 15) is 22.8 Å². The number of thiazole rings is 1. The number of anilines is 1. The number of hydrogen-bond donors (Lipinski definition) is 2. The van der Waals surface area contributed by atoms with Crippen LogP contribution in [0, 0.1) is 0 Å². The number of furan rings is 1. The monoisotopic (exact) mass is 395 g/mol. The van der Waals surface area contributed by atoms with E-state index in [0.29, 0.717) is 5.76 Å². The molecule has 2 amide bonds. The van der Waals surface area contributed by atoms with Crippen LogP contribution in [0.2, 0.25) is 0 Å². The highest BCUT2D eigenvalue weighted by molar-refractivity contribution is 7.14. The number of rotatable bonds is 5. The molecule has 2 aromatic heterocycles. The maximum Gasteiger partial charge on any atom is 0.416 e. The summed E-state index contributed by atoms with van der Waals surface area (Å²) in [5, 5.41) is 6.51. The summed E-state index contributed by atoms with van der Waals surface area (Å²) in [5.41, 5.74) is -1.01. The molecule has 1 aromatic carbocycles. The third kappa shape index (κ3) is 4.73. The lowest BCUT2D eigenvalue weighted by molar-refractivity contribution is -0.137. The van der Waals surface area contributed by atoms with Gasteiger partial charge in [0.25, 0.3) is 11.8 Å². The average molecular weight is 395 g/mol. The molecule has 0 aliphatic carbocycles. The van der Waals surface area contributed by atoms with E-state index >= 15 is 0 Å². The number of alkyl halides is 3. The third-order valence-corrected chi connectivity index (χ3v) is 4.17. The number of aromatic nitrogens is 1. The lowest BCUT2D eigenvalue weighted by atomic mass is 10.1. The molecular weight excluding hydrogens is 383 g/mol. The second-order valence-electron chi connectivity index (χ2n) is 5.33. The number of halogens is 3. The van der Waals surface area contributed by atoms with Gasteiger partial charge >= 0.3 is 6.18 Å². The van der Waals surface area contributed by atoms with E-state index in [1.807, 2.05) is 0 Å². The van der Waals surface area contributed by atoms with Crippen molar-refractivity contribution in [1.29, 1.82) is 0 Å². The Labute approximate surface area is 155 Å². The fourth-order valence-electron chi connectivity index (χ4n) is 2.11. The van der Waals surface area contributed by atoms with Crippen molar-refractivity contribution in [3.8, 4) is 0 Å². The number of amides is 2. The molecule has 0 spiro atoms. The lowest BCUT2D eigenvalue weighted by Gasteiger charge is -2.08. The summed E-state index contributed by atoms with van der Waals surface area (Å²) in [5.74, 6) is -0.656. The van der Waals surface area contributed by atoms with Gasteiger partial charge in [0.2, 0.25) is 0 Å². The van der Waals surface area contributed by atoms with Crippen LogP contribution in [0.25, 0.3) is 0 Å². The Kier molecular flexibility index (Phi) is 5.26. The summed E-state index contributed by atoms with van der Waals surface area (Å²) in [6, 6.07) is 7.41. The minimum atomic E-state index is -4.54. The maximum absolute atomic E-state index is 12.7. The number of hydrogen-bond acceptors (Lipinski definition) is 5. The predicted octanol–water partition coefficient (Wildman–Crippen LogP) is 3.94. The van der Waals surface area contributed by atoms with Crippen LogP contribution >= 0.6 is 11.3 Å². The highest BCUT2D eigenvalue weighted by Crippen LogP contribution is 2.29. The fourth-order valence-corrected chi connectivity index (χ4v) is 2.80. The number of nitrogens with one attached hydrogen (secondary N) is 2. The van der Waals surface area contributed by atoms with E-state index in [1.165, 1.54) is 17.7 Å². The van der Waals surface area contributed by atoms with E-state index in [4.69, 9.17) is 4.42 Å². The normalized spacial score (nSPS) is 11.2. The van der Waals surface area contributed by atoms with Crippen molar-refractivity contribution >= 4 is 28.3 Å². The van der Waals surface area contributed by atoms with Gasteiger partial charge in [-0.15, -0.1) is 11.3 Å². The second kappa shape index (κ2) is 7.62. The van der Waals surface area contributed by atoms with Crippen molar-refractivity contribution in [2.75, 3.05) is 5.32 Å². The summed E-state index contributed by atoms with van der Waals surface area (Å²) < 4.78 is 43.3. The van der Waals surface area contributed by atoms with Crippen molar-refractivity contribution in [1.82, 2.24) is 10.3 Å². The van der Waals surface area contributed by atoms with Crippen LogP contribution in [0.4, 0.5) is 18.3 Å². The summed E-state index contributed by atoms with van der Waals surface area (Å²) in [7, 11) is 0. The van der Waals surface area contributed by atoms with Gasteiger partial charge in [0.1, 0.15) is 11.5 Å². The van der Waals surface area contributed by atoms with Gasteiger partial charge in [-0.05, 0) is 30.3 Å².